The highest BCUT2D eigenvalue weighted by Crippen LogP contribution is 2.18. The minimum Gasteiger partial charge on any atom is -0.391 e. The molecule has 2 aromatic carbocycles. The van der Waals surface area contributed by atoms with Gasteiger partial charge < -0.3 is 10.8 Å². The fourth-order valence-electron chi connectivity index (χ4n) is 1.99. The minimum absolute atomic E-state index is 0. The SMILES string of the molecule is Cc1ccc([C@H](N)[C@H](O)Cc2ccccc2)cc1.Cl. The van der Waals surface area contributed by atoms with E-state index < -0.39 is 6.10 Å². The Morgan fingerprint density at radius 1 is 1.00 bits per heavy atom. The number of rotatable bonds is 4. The molecule has 2 rings (SSSR count). The lowest BCUT2D eigenvalue weighted by molar-refractivity contribution is 0.145. The molecule has 3 N–H and O–H groups in total. The van der Waals surface area contributed by atoms with E-state index in [4.69, 9.17) is 5.73 Å². The van der Waals surface area contributed by atoms with Gasteiger partial charge in [-0.05, 0) is 18.1 Å². The molecule has 0 aliphatic rings. The highest BCUT2D eigenvalue weighted by Gasteiger charge is 2.16. The number of aliphatic hydroxyl groups excluding tert-OH is 1. The lowest BCUT2D eigenvalue weighted by Gasteiger charge is -2.19. The highest BCUT2D eigenvalue weighted by molar-refractivity contribution is 5.85. The molecule has 0 aliphatic carbocycles. The molecule has 19 heavy (non-hydrogen) atoms. The Morgan fingerprint density at radius 3 is 2.16 bits per heavy atom. The zero-order chi connectivity index (χ0) is 13.0. The van der Waals surface area contributed by atoms with Crippen LogP contribution in [-0.4, -0.2) is 11.2 Å². The molecule has 0 bridgehead atoms. The van der Waals surface area contributed by atoms with Gasteiger partial charge in [0.15, 0.2) is 0 Å². The van der Waals surface area contributed by atoms with Crippen LogP contribution in [0.3, 0.4) is 0 Å². The van der Waals surface area contributed by atoms with Crippen LogP contribution in [0.1, 0.15) is 22.7 Å². The topological polar surface area (TPSA) is 46.2 Å². The van der Waals surface area contributed by atoms with Crippen molar-refractivity contribution < 1.29 is 5.11 Å². The van der Waals surface area contributed by atoms with Gasteiger partial charge in [-0.2, -0.15) is 0 Å². The molecule has 2 nitrogen and oxygen atoms in total. The van der Waals surface area contributed by atoms with E-state index in [1.807, 2.05) is 61.5 Å². The average Bonchev–Trinajstić information content (AvgIpc) is 2.40. The fourth-order valence-corrected chi connectivity index (χ4v) is 1.99. The van der Waals surface area contributed by atoms with Crippen molar-refractivity contribution in [2.75, 3.05) is 0 Å². The summed E-state index contributed by atoms with van der Waals surface area (Å²) in [7, 11) is 0. The first-order valence-corrected chi connectivity index (χ1v) is 6.21. The maximum atomic E-state index is 10.2. The van der Waals surface area contributed by atoms with Gasteiger partial charge in [0, 0.05) is 6.42 Å². The lowest BCUT2D eigenvalue weighted by Crippen LogP contribution is -2.28. The lowest BCUT2D eigenvalue weighted by atomic mass is 9.96. The quantitative estimate of drug-likeness (QED) is 0.902. The molecule has 0 saturated heterocycles. The molecule has 0 radical (unpaired) electrons. The van der Waals surface area contributed by atoms with Crippen molar-refractivity contribution in [1.29, 1.82) is 0 Å². The molecule has 3 heteroatoms. The molecule has 0 unspecified atom stereocenters. The van der Waals surface area contributed by atoms with Crippen molar-refractivity contribution in [3.05, 3.63) is 71.3 Å². The molecule has 102 valence electrons. The first-order valence-electron chi connectivity index (χ1n) is 6.21. The van der Waals surface area contributed by atoms with E-state index in [0.29, 0.717) is 6.42 Å². The van der Waals surface area contributed by atoms with Crippen LogP contribution >= 0.6 is 12.4 Å². The van der Waals surface area contributed by atoms with Gasteiger partial charge in [0.25, 0.3) is 0 Å². The minimum atomic E-state index is -0.560. The predicted octanol–water partition coefficient (Wildman–Crippen LogP) is 3.02. The molecule has 0 saturated carbocycles. The third kappa shape index (κ3) is 4.35. The Bertz CT molecular complexity index is 484. The van der Waals surface area contributed by atoms with Crippen LogP contribution in [-0.2, 0) is 6.42 Å². The summed E-state index contributed by atoms with van der Waals surface area (Å²) in [5, 5.41) is 10.2. The number of benzene rings is 2. The van der Waals surface area contributed by atoms with Gasteiger partial charge in [0.2, 0.25) is 0 Å². The summed E-state index contributed by atoms with van der Waals surface area (Å²) in [4.78, 5) is 0. The van der Waals surface area contributed by atoms with Crippen LogP contribution in [0.2, 0.25) is 0 Å². The molecule has 0 aliphatic heterocycles. The first kappa shape index (κ1) is 15.7. The van der Waals surface area contributed by atoms with Crippen molar-refractivity contribution in [2.24, 2.45) is 5.73 Å². The Kier molecular flexibility index (Phi) is 6.03. The Labute approximate surface area is 120 Å². The zero-order valence-corrected chi connectivity index (χ0v) is 11.8. The molecule has 0 spiro atoms. The van der Waals surface area contributed by atoms with E-state index in [9.17, 15) is 5.11 Å². The number of hydrogen-bond acceptors (Lipinski definition) is 2. The van der Waals surface area contributed by atoms with E-state index >= 15 is 0 Å². The number of halogens is 1. The summed E-state index contributed by atoms with van der Waals surface area (Å²) >= 11 is 0. The summed E-state index contributed by atoms with van der Waals surface area (Å²) in [5.74, 6) is 0. The summed E-state index contributed by atoms with van der Waals surface area (Å²) < 4.78 is 0. The Morgan fingerprint density at radius 2 is 1.58 bits per heavy atom. The van der Waals surface area contributed by atoms with Crippen LogP contribution in [0.25, 0.3) is 0 Å². The molecular formula is C16H20ClNO. The van der Waals surface area contributed by atoms with Gasteiger partial charge in [0.05, 0.1) is 12.1 Å². The highest BCUT2D eigenvalue weighted by atomic mass is 35.5. The molecule has 2 atom stereocenters. The van der Waals surface area contributed by atoms with Crippen LogP contribution in [0.5, 0.6) is 0 Å². The molecular weight excluding hydrogens is 258 g/mol. The largest absolute Gasteiger partial charge is 0.391 e. The summed E-state index contributed by atoms with van der Waals surface area (Å²) in [6.07, 6.45) is 0.0192. The summed E-state index contributed by atoms with van der Waals surface area (Å²) in [5.41, 5.74) is 9.36. The second kappa shape index (κ2) is 7.29. The Balaban J connectivity index is 0.00000180. The number of nitrogens with two attached hydrogens (primary N) is 1. The first-order chi connectivity index (χ1) is 8.66. The number of aliphatic hydroxyl groups is 1. The normalized spacial score (nSPS) is 13.4. The molecule has 2 aromatic rings. The third-order valence-electron chi connectivity index (χ3n) is 3.16. The van der Waals surface area contributed by atoms with E-state index in [-0.39, 0.29) is 18.4 Å². The van der Waals surface area contributed by atoms with Gasteiger partial charge in [-0.25, -0.2) is 0 Å². The molecule has 0 fully saturated rings. The molecule has 0 amide bonds. The van der Waals surface area contributed by atoms with Crippen LogP contribution < -0.4 is 5.73 Å². The van der Waals surface area contributed by atoms with Crippen LogP contribution in [0.4, 0.5) is 0 Å². The van der Waals surface area contributed by atoms with Crippen molar-refractivity contribution in [2.45, 2.75) is 25.5 Å². The molecule has 0 heterocycles. The molecule has 0 aromatic heterocycles. The van der Waals surface area contributed by atoms with Crippen LogP contribution in [0.15, 0.2) is 54.6 Å². The maximum Gasteiger partial charge on any atom is 0.0773 e. The van der Waals surface area contributed by atoms with E-state index in [0.717, 1.165) is 11.1 Å². The van der Waals surface area contributed by atoms with Gasteiger partial charge in [-0.1, -0.05) is 60.2 Å². The maximum absolute atomic E-state index is 10.2. The van der Waals surface area contributed by atoms with Crippen LogP contribution in [0, 0.1) is 6.92 Å². The number of aryl methyl sites for hydroxylation is 1. The second-order valence-corrected chi connectivity index (χ2v) is 4.69. The van der Waals surface area contributed by atoms with Gasteiger partial charge in [0.1, 0.15) is 0 Å². The summed E-state index contributed by atoms with van der Waals surface area (Å²) in [6, 6.07) is 17.6. The van der Waals surface area contributed by atoms with Gasteiger partial charge in [-0.15, -0.1) is 12.4 Å². The monoisotopic (exact) mass is 277 g/mol. The number of hydrogen-bond donors (Lipinski definition) is 2. The van der Waals surface area contributed by atoms with E-state index in [1.54, 1.807) is 0 Å². The second-order valence-electron chi connectivity index (χ2n) is 4.69. The fraction of sp³-hybridized carbons (Fsp3) is 0.250. The van der Waals surface area contributed by atoms with Crippen molar-refractivity contribution in [3.63, 3.8) is 0 Å². The van der Waals surface area contributed by atoms with Crippen molar-refractivity contribution in [3.8, 4) is 0 Å². The van der Waals surface area contributed by atoms with E-state index in [2.05, 4.69) is 0 Å². The average molecular weight is 278 g/mol. The van der Waals surface area contributed by atoms with E-state index in [1.165, 1.54) is 5.56 Å². The Hall–Kier alpha value is -1.35. The van der Waals surface area contributed by atoms with Crippen molar-refractivity contribution >= 4 is 12.4 Å². The standard InChI is InChI=1S/C16H19NO.ClH/c1-12-7-9-14(10-8-12)16(17)15(18)11-13-5-3-2-4-6-13;/h2-10,15-16,18H,11,17H2,1H3;1H/t15-,16+;/m1./s1. The third-order valence-corrected chi connectivity index (χ3v) is 3.16. The predicted molar refractivity (Wildman–Crippen MR) is 81.5 cm³/mol. The van der Waals surface area contributed by atoms with Gasteiger partial charge in [-0.3, -0.25) is 0 Å². The zero-order valence-electron chi connectivity index (χ0n) is 11.0. The van der Waals surface area contributed by atoms with Crippen molar-refractivity contribution in [1.82, 2.24) is 0 Å². The summed E-state index contributed by atoms with van der Waals surface area (Å²) in [6.45, 7) is 2.04. The smallest absolute Gasteiger partial charge is 0.0773 e. The van der Waals surface area contributed by atoms with Gasteiger partial charge >= 0.3 is 0 Å².